The van der Waals surface area contributed by atoms with Gasteiger partial charge in [0.1, 0.15) is 0 Å². The molecule has 0 aliphatic rings. The van der Waals surface area contributed by atoms with Crippen molar-refractivity contribution in [3.8, 4) is 0 Å². The summed E-state index contributed by atoms with van der Waals surface area (Å²) < 4.78 is 0. The van der Waals surface area contributed by atoms with E-state index in [1.165, 1.54) is 32.1 Å². The average molecular weight is 255 g/mol. The lowest BCUT2D eigenvalue weighted by Gasteiger charge is -2.49. The van der Waals surface area contributed by atoms with E-state index in [-0.39, 0.29) is 0 Å². The van der Waals surface area contributed by atoms with Crippen LogP contribution in [0, 0.1) is 29.1 Å². The van der Waals surface area contributed by atoms with Gasteiger partial charge in [0, 0.05) is 0 Å². The van der Waals surface area contributed by atoms with Crippen molar-refractivity contribution >= 4 is 0 Å². The summed E-state index contributed by atoms with van der Waals surface area (Å²) in [6, 6.07) is 0. The number of rotatable bonds is 9. The van der Waals surface area contributed by atoms with Crippen molar-refractivity contribution in [3.63, 3.8) is 0 Å². The highest BCUT2D eigenvalue weighted by Crippen LogP contribution is 2.50. The first kappa shape index (κ1) is 18.0. The van der Waals surface area contributed by atoms with Crippen LogP contribution >= 0.6 is 0 Å². The Labute approximate surface area is 117 Å². The Balaban J connectivity index is 5.28. The molecule has 0 bridgehead atoms. The van der Waals surface area contributed by atoms with E-state index in [1.54, 1.807) is 0 Å². The predicted molar refractivity (Wildman–Crippen MR) is 84.9 cm³/mol. The van der Waals surface area contributed by atoms with Crippen LogP contribution < -0.4 is 0 Å². The predicted octanol–water partition coefficient (Wildman–Crippen LogP) is 6.55. The first-order valence-corrected chi connectivity index (χ1v) is 8.39. The Hall–Kier alpha value is 0. The van der Waals surface area contributed by atoms with E-state index in [0.29, 0.717) is 5.41 Å². The van der Waals surface area contributed by atoms with E-state index >= 15 is 0 Å². The fraction of sp³-hybridized carbons (Fsp3) is 1.00. The Morgan fingerprint density at radius 3 is 1.67 bits per heavy atom. The maximum atomic E-state index is 2.59. The highest BCUT2D eigenvalue weighted by Gasteiger charge is 2.43. The zero-order chi connectivity index (χ0) is 14.3. The molecule has 0 heterocycles. The third kappa shape index (κ3) is 3.75. The summed E-state index contributed by atoms with van der Waals surface area (Å²) in [6.07, 6.45) is 6.68. The van der Waals surface area contributed by atoms with Crippen molar-refractivity contribution in [2.45, 2.75) is 87.5 Å². The fourth-order valence-electron chi connectivity index (χ4n) is 4.14. The van der Waals surface area contributed by atoms with E-state index < -0.39 is 0 Å². The molecule has 0 radical (unpaired) electrons. The summed E-state index contributed by atoms with van der Waals surface area (Å²) in [5.41, 5.74) is 0.509. The lowest BCUT2D eigenvalue weighted by Crippen LogP contribution is -2.42. The van der Waals surface area contributed by atoms with Gasteiger partial charge in [0.05, 0.1) is 0 Å². The van der Waals surface area contributed by atoms with E-state index in [1.807, 2.05) is 0 Å². The molecular formula is C18H38. The van der Waals surface area contributed by atoms with Crippen molar-refractivity contribution in [2.24, 2.45) is 29.1 Å². The molecule has 0 saturated carbocycles. The van der Waals surface area contributed by atoms with Crippen LogP contribution in [0.25, 0.3) is 0 Å². The van der Waals surface area contributed by atoms with E-state index in [9.17, 15) is 0 Å². The van der Waals surface area contributed by atoms with Crippen molar-refractivity contribution in [1.82, 2.24) is 0 Å². The topological polar surface area (TPSA) is 0 Å². The van der Waals surface area contributed by atoms with E-state index in [4.69, 9.17) is 0 Å². The van der Waals surface area contributed by atoms with Crippen LogP contribution in [0.1, 0.15) is 87.5 Å². The summed E-state index contributed by atoms with van der Waals surface area (Å²) in [6.45, 7) is 19.5. The third-order valence-corrected chi connectivity index (χ3v) is 6.03. The van der Waals surface area contributed by atoms with Gasteiger partial charge in [0.2, 0.25) is 0 Å². The van der Waals surface area contributed by atoms with E-state index in [0.717, 1.165) is 23.7 Å². The van der Waals surface area contributed by atoms with Crippen LogP contribution in [0.5, 0.6) is 0 Å². The minimum Gasteiger partial charge on any atom is -0.0654 e. The molecule has 0 nitrogen and oxygen atoms in total. The van der Waals surface area contributed by atoms with E-state index in [2.05, 4.69) is 55.4 Å². The Kier molecular flexibility index (Phi) is 8.23. The fourth-order valence-corrected chi connectivity index (χ4v) is 4.14. The molecule has 0 saturated heterocycles. The zero-order valence-electron chi connectivity index (χ0n) is 14.3. The summed E-state index contributed by atoms with van der Waals surface area (Å²) in [5.74, 6) is 3.40. The van der Waals surface area contributed by atoms with Gasteiger partial charge in [-0.05, 0) is 29.1 Å². The average Bonchev–Trinajstić information content (AvgIpc) is 2.37. The van der Waals surface area contributed by atoms with Gasteiger partial charge in [-0.3, -0.25) is 0 Å². The molecule has 0 N–H and O–H groups in total. The van der Waals surface area contributed by atoms with Gasteiger partial charge in [-0.1, -0.05) is 87.5 Å². The smallest absolute Gasteiger partial charge is 0.0244 e. The molecule has 0 aliphatic carbocycles. The molecule has 0 amide bonds. The first-order chi connectivity index (χ1) is 8.39. The zero-order valence-corrected chi connectivity index (χ0v) is 14.3. The molecule has 5 atom stereocenters. The molecule has 5 unspecified atom stereocenters. The minimum atomic E-state index is 0.509. The molecule has 0 fully saturated rings. The van der Waals surface area contributed by atoms with Gasteiger partial charge in [0.15, 0.2) is 0 Å². The molecular weight excluding hydrogens is 216 g/mol. The number of hydrogen-bond acceptors (Lipinski definition) is 0. The highest BCUT2D eigenvalue weighted by molar-refractivity contribution is 4.91. The molecule has 0 aromatic heterocycles. The van der Waals surface area contributed by atoms with Gasteiger partial charge in [0.25, 0.3) is 0 Å². The highest BCUT2D eigenvalue weighted by atomic mass is 14.5. The summed E-state index contributed by atoms with van der Waals surface area (Å²) >= 11 is 0. The molecule has 0 aliphatic heterocycles. The lowest BCUT2D eigenvalue weighted by atomic mass is 9.56. The third-order valence-electron chi connectivity index (χ3n) is 6.03. The van der Waals surface area contributed by atoms with Crippen LogP contribution in [0.15, 0.2) is 0 Å². The molecule has 0 spiro atoms. The van der Waals surface area contributed by atoms with Crippen molar-refractivity contribution in [2.75, 3.05) is 0 Å². The van der Waals surface area contributed by atoms with Gasteiger partial charge in [-0.15, -0.1) is 0 Å². The molecule has 18 heavy (non-hydrogen) atoms. The second kappa shape index (κ2) is 8.23. The molecule has 0 heteroatoms. The summed E-state index contributed by atoms with van der Waals surface area (Å²) in [4.78, 5) is 0. The maximum absolute atomic E-state index is 2.59. The van der Waals surface area contributed by atoms with Crippen LogP contribution in [0.3, 0.4) is 0 Å². The Morgan fingerprint density at radius 2 is 1.33 bits per heavy atom. The quantitative estimate of drug-likeness (QED) is 0.438. The molecule has 0 aromatic rings. The lowest BCUT2D eigenvalue weighted by molar-refractivity contribution is -0.00369. The van der Waals surface area contributed by atoms with Crippen LogP contribution in [0.4, 0.5) is 0 Å². The van der Waals surface area contributed by atoms with Crippen LogP contribution in [-0.4, -0.2) is 0 Å². The van der Waals surface area contributed by atoms with Crippen molar-refractivity contribution in [3.05, 3.63) is 0 Å². The van der Waals surface area contributed by atoms with Crippen LogP contribution in [-0.2, 0) is 0 Å². The maximum Gasteiger partial charge on any atom is -0.0244 e. The largest absolute Gasteiger partial charge is 0.0654 e. The second-order valence-electron chi connectivity index (χ2n) is 6.77. The van der Waals surface area contributed by atoms with Gasteiger partial charge < -0.3 is 0 Å². The molecule has 0 aromatic carbocycles. The second-order valence-corrected chi connectivity index (χ2v) is 6.77. The minimum absolute atomic E-state index is 0.509. The first-order valence-electron chi connectivity index (χ1n) is 8.39. The van der Waals surface area contributed by atoms with Crippen LogP contribution in [0.2, 0.25) is 0 Å². The van der Waals surface area contributed by atoms with Gasteiger partial charge >= 0.3 is 0 Å². The Morgan fingerprint density at radius 1 is 0.778 bits per heavy atom. The standard InChI is InChI=1S/C18H38/c1-9-13-16(7)18(8,15(6)11-3)17(12-4)14(5)10-2/h14-17H,9-13H2,1-8H3. The number of hydrogen-bond donors (Lipinski definition) is 0. The van der Waals surface area contributed by atoms with Gasteiger partial charge in [-0.2, -0.15) is 0 Å². The Bertz CT molecular complexity index is 208. The van der Waals surface area contributed by atoms with Gasteiger partial charge in [-0.25, -0.2) is 0 Å². The monoisotopic (exact) mass is 254 g/mol. The summed E-state index contributed by atoms with van der Waals surface area (Å²) in [7, 11) is 0. The van der Waals surface area contributed by atoms with Crippen molar-refractivity contribution in [1.29, 1.82) is 0 Å². The normalized spacial score (nSPS) is 22.0. The van der Waals surface area contributed by atoms with Crippen molar-refractivity contribution < 1.29 is 0 Å². The molecule has 0 rings (SSSR count). The molecule has 110 valence electrons. The summed E-state index contributed by atoms with van der Waals surface area (Å²) in [5, 5.41) is 0. The SMILES string of the molecule is CCCC(C)C(C)(C(C)CC)C(CC)C(C)CC.